The number of rotatable bonds is 6. The Morgan fingerprint density at radius 3 is 2.14 bits per heavy atom. The largest absolute Gasteiger partial charge is 0.459 e. The van der Waals surface area contributed by atoms with Gasteiger partial charge in [-0.2, -0.15) is 0 Å². The van der Waals surface area contributed by atoms with E-state index in [9.17, 15) is 19.2 Å². The second kappa shape index (κ2) is 10.6. The van der Waals surface area contributed by atoms with Crippen LogP contribution in [0.25, 0.3) is 0 Å². The Kier molecular flexibility index (Phi) is 7.21. The molecule has 1 heterocycles. The summed E-state index contributed by atoms with van der Waals surface area (Å²) in [5.41, 5.74) is 2.06. The zero-order chi connectivity index (χ0) is 24.8. The number of fused-ring (bicyclic) bond motifs is 1. The Balaban J connectivity index is 1.61. The molecule has 4 rings (SSSR count). The predicted molar refractivity (Wildman–Crippen MR) is 131 cm³/mol. The van der Waals surface area contributed by atoms with Crippen molar-refractivity contribution in [1.82, 2.24) is 5.32 Å². The summed E-state index contributed by atoms with van der Waals surface area (Å²) in [4.78, 5) is 54.4. The maximum atomic E-state index is 13.6. The molecule has 0 radical (unpaired) electrons. The van der Waals surface area contributed by atoms with E-state index in [1.165, 1.54) is 16.7 Å². The first kappa shape index (κ1) is 23.7. The van der Waals surface area contributed by atoms with Crippen LogP contribution in [-0.4, -0.2) is 42.8 Å². The fourth-order valence-electron chi connectivity index (χ4n) is 3.90. The number of amides is 3. The molecule has 8 nitrogen and oxygen atoms in total. The molecule has 1 atom stereocenters. The van der Waals surface area contributed by atoms with E-state index in [4.69, 9.17) is 4.74 Å². The van der Waals surface area contributed by atoms with E-state index in [2.05, 4.69) is 5.32 Å². The van der Waals surface area contributed by atoms with Gasteiger partial charge in [-0.1, -0.05) is 60.7 Å². The highest BCUT2D eigenvalue weighted by atomic mass is 16.5. The third-order valence-electron chi connectivity index (χ3n) is 5.64. The Morgan fingerprint density at radius 1 is 0.886 bits per heavy atom. The van der Waals surface area contributed by atoms with Gasteiger partial charge in [-0.15, -0.1) is 0 Å². The van der Waals surface area contributed by atoms with Crippen molar-refractivity contribution in [3.05, 3.63) is 96.1 Å². The lowest BCUT2D eigenvalue weighted by Gasteiger charge is -2.24. The van der Waals surface area contributed by atoms with Crippen molar-refractivity contribution in [2.75, 3.05) is 22.9 Å². The minimum Gasteiger partial charge on any atom is -0.459 e. The average Bonchev–Trinajstić information content (AvgIpc) is 2.99. The zero-order valence-corrected chi connectivity index (χ0v) is 19.2. The molecule has 0 fully saturated rings. The number of hydrogen-bond donors (Lipinski definition) is 1. The minimum absolute atomic E-state index is 0.0666. The first-order valence-corrected chi connectivity index (χ1v) is 11.2. The van der Waals surface area contributed by atoms with Crippen molar-refractivity contribution in [3.63, 3.8) is 0 Å². The van der Waals surface area contributed by atoms with Crippen LogP contribution in [0.5, 0.6) is 0 Å². The number of ether oxygens (including phenoxy) is 1. The molecule has 0 saturated carbocycles. The summed E-state index contributed by atoms with van der Waals surface area (Å²) < 4.78 is 5.39. The first-order chi connectivity index (χ1) is 16.9. The molecular weight excluding hydrogens is 446 g/mol. The third-order valence-corrected chi connectivity index (χ3v) is 5.64. The molecule has 8 heteroatoms. The SMILES string of the molecule is CC(=O)N1C[C@H](NC(=O)c2ccccc2)C(=O)N(CC(=O)OCc2ccccc2)c2ccccc21. The van der Waals surface area contributed by atoms with Crippen LogP contribution in [-0.2, 0) is 25.7 Å². The number of hydrogen-bond acceptors (Lipinski definition) is 5. The van der Waals surface area contributed by atoms with Crippen LogP contribution in [0, 0.1) is 0 Å². The van der Waals surface area contributed by atoms with Gasteiger partial charge in [0.15, 0.2) is 0 Å². The van der Waals surface area contributed by atoms with Gasteiger partial charge in [0, 0.05) is 12.5 Å². The van der Waals surface area contributed by atoms with Crippen LogP contribution in [0.15, 0.2) is 84.9 Å². The van der Waals surface area contributed by atoms with E-state index in [-0.39, 0.29) is 25.6 Å². The van der Waals surface area contributed by atoms with Crippen molar-refractivity contribution >= 4 is 35.1 Å². The Labute approximate surface area is 203 Å². The van der Waals surface area contributed by atoms with Gasteiger partial charge in [0.25, 0.3) is 11.8 Å². The lowest BCUT2D eigenvalue weighted by atomic mass is 10.1. The fraction of sp³-hybridized carbons (Fsp3) is 0.185. The minimum atomic E-state index is -1.07. The average molecular weight is 472 g/mol. The topological polar surface area (TPSA) is 96.0 Å². The van der Waals surface area contributed by atoms with Gasteiger partial charge < -0.3 is 15.0 Å². The van der Waals surface area contributed by atoms with E-state index in [1.807, 2.05) is 30.3 Å². The summed E-state index contributed by atoms with van der Waals surface area (Å²) in [5, 5.41) is 2.73. The maximum absolute atomic E-state index is 13.6. The molecule has 35 heavy (non-hydrogen) atoms. The van der Waals surface area contributed by atoms with E-state index >= 15 is 0 Å². The van der Waals surface area contributed by atoms with E-state index in [0.29, 0.717) is 16.9 Å². The summed E-state index contributed by atoms with van der Waals surface area (Å²) in [6.45, 7) is 1.02. The highest BCUT2D eigenvalue weighted by Gasteiger charge is 2.37. The summed E-state index contributed by atoms with van der Waals surface area (Å²) in [7, 11) is 0. The molecule has 0 unspecified atom stereocenters. The molecule has 1 N–H and O–H groups in total. The van der Waals surface area contributed by atoms with Gasteiger partial charge in [0.05, 0.1) is 17.9 Å². The lowest BCUT2D eigenvalue weighted by Crippen LogP contribution is -2.53. The van der Waals surface area contributed by atoms with Gasteiger partial charge in [0.2, 0.25) is 5.91 Å². The number of nitrogens with one attached hydrogen (secondary N) is 1. The number of carbonyl (C=O) groups is 4. The van der Waals surface area contributed by atoms with Gasteiger partial charge >= 0.3 is 5.97 Å². The normalized spacial score (nSPS) is 15.1. The number of anilines is 2. The highest BCUT2D eigenvalue weighted by Crippen LogP contribution is 2.33. The predicted octanol–water partition coefficient (Wildman–Crippen LogP) is 2.93. The summed E-state index contributed by atoms with van der Waals surface area (Å²) >= 11 is 0. The molecule has 3 aromatic rings. The third kappa shape index (κ3) is 5.55. The van der Waals surface area contributed by atoms with E-state index in [0.717, 1.165) is 5.56 Å². The molecular formula is C27H25N3O5. The number of para-hydroxylation sites is 2. The second-order valence-corrected chi connectivity index (χ2v) is 8.08. The van der Waals surface area contributed by atoms with Gasteiger partial charge in [-0.05, 0) is 29.8 Å². The second-order valence-electron chi connectivity index (χ2n) is 8.08. The highest BCUT2D eigenvalue weighted by molar-refractivity contribution is 6.10. The summed E-state index contributed by atoms with van der Waals surface area (Å²) in [6, 6.07) is 23.5. The number of carbonyl (C=O) groups excluding carboxylic acids is 4. The fourth-order valence-corrected chi connectivity index (χ4v) is 3.90. The quantitative estimate of drug-likeness (QED) is 0.558. The van der Waals surface area contributed by atoms with Crippen LogP contribution in [0.2, 0.25) is 0 Å². The molecule has 3 amide bonds. The molecule has 1 aliphatic heterocycles. The van der Waals surface area contributed by atoms with Crippen LogP contribution >= 0.6 is 0 Å². The lowest BCUT2D eigenvalue weighted by molar-refractivity contribution is -0.144. The van der Waals surface area contributed by atoms with Crippen molar-refractivity contribution in [1.29, 1.82) is 0 Å². The molecule has 0 aromatic heterocycles. The van der Waals surface area contributed by atoms with Crippen LogP contribution in [0.1, 0.15) is 22.8 Å². The van der Waals surface area contributed by atoms with Gasteiger partial charge in [-0.3, -0.25) is 24.1 Å². The van der Waals surface area contributed by atoms with E-state index < -0.39 is 23.8 Å². The van der Waals surface area contributed by atoms with Crippen molar-refractivity contribution in [2.24, 2.45) is 0 Å². The van der Waals surface area contributed by atoms with Crippen LogP contribution < -0.4 is 15.1 Å². The van der Waals surface area contributed by atoms with Crippen LogP contribution in [0.3, 0.4) is 0 Å². The molecule has 0 aliphatic carbocycles. The van der Waals surface area contributed by atoms with Crippen molar-refractivity contribution < 1.29 is 23.9 Å². The van der Waals surface area contributed by atoms with Crippen LogP contribution in [0.4, 0.5) is 11.4 Å². The number of nitrogens with zero attached hydrogens (tertiary/aromatic N) is 2. The zero-order valence-electron chi connectivity index (χ0n) is 19.2. The smallest absolute Gasteiger partial charge is 0.326 e. The summed E-state index contributed by atoms with van der Waals surface area (Å²) in [5.74, 6) is -1.87. The monoisotopic (exact) mass is 471 g/mol. The molecule has 0 bridgehead atoms. The molecule has 178 valence electrons. The Bertz CT molecular complexity index is 1230. The molecule has 1 aliphatic rings. The molecule has 3 aromatic carbocycles. The standard InChI is InChI=1S/C27H25N3O5/c1-19(31)29-16-22(28-26(33)21-12-6-3-7-13-21)27(34)30(24-15-9-8-14-23(24)29)17-25(32)35-18-20-10-4-2-5-11-20/h2-15,22H,16-18H2,1H3,(H,28,33)/t22-/m0/s1. The first-order valence-electron chi connectivity index (χ1n) is 11.2. The van der Waals surface area contributed by atoms with Crippen molar-refractivity contribution in [2.45, 2.75) is 19.6 Å². The number of benzene rings is 3. The van der Waals surface area contributed by atoms with Crippen molar-refractivity contribution in [3.8, 4) is 0 Å². The van der Waals surface area contributed by atoms with Gasteiger partial charge in [0.1, 0.15) is 19.2 Å². The van der Waals surface area contributed by atoms with E-state index in [1.54, 1.807) is 54.6 Å². The Morgan fingerprint density at radius 2 is 1.49 bits per heavy atom. The molecule has 0 spiro atoms. The summed E-state index contributed by atoms with van der Waals surface area (Å²) in [6.07, 6.45) is 0. The number of esters is 1. The molecule has 0 saturated heterocycles. The Hall–Kier alpha value is -4.46. The maximum Gasteiger partial charge on any atom is 0.326 e. The van der Waals surface area contributed by atoms with Gasteiger partial charge in [-0.25, -0.2) is 0 Å².